The lowest BCUT2D eigenvalue weighted by Crippen LogP contribution is -2.34. The fraction of sp³-hybridized carbons (Fsp3) is 0.611. The minimum atomic E-state index is -3.67. The van der Waals surface area contributed by atoms with Crippen LogP contribution in [-0.4, -0.2) is 37.8 Å². The molecule has 0 bridgehead atoms. The van der Waals surface area contributed by atoms with Gasteiger partial charge in [-0.1, -0.05) is 25.4 Å². The standard InChI is InChI=1S/C18H29ClN2O3S/c1-12(2)7-8-14(5)20-18(22)16-11-15(9-10-17(16)19)25(23,24)21(6)13(3)4/h9-14H,7-8H2,1-6H3,(H,20,22). The molecule has 0 saturated heterocycles. The highest BCUT2D eigenvalue weighted by Gasteiger charge is 2.25. The van der Waals surface area contributed by atoms with Gasteiger partial charge in [0.15, 0.2) is 0 Å². The summed E-state index contributed by atoms with van der Waals surface area (Å²) in [5.74, 6) is 0.202. The third kappa shape index (κ3) is 5.97. The molecule has 1 unspecified atom stereocenters. The van der Waals surface area contributed by atoms with E-state index in [0.717, 1.165) is 12.8 Å². The van der Waals surface area contributed by atoms with Crippen molar-refractivity contribution >= 4 is 27.5 Å². The van der Waals surface area contributed by atoms with Crippen LogP contribution in [0.3, 0.4) is 0 Å². The molecule has 0 aliphatic heterocycles. The Morgan fingerprint density at radius 1 is 1.16 bits per heavy atom. The lowest BCUT2D eigenvalue weighted by atomic mass is 10.0. The molecule has 7 heteroatoms. The Balaban J connectivity index is 3.04. The Morgan fingerprint density at radius 3 is 2.28 bits per heavy atom. The van der Waals surface area contributed by atoms with Crippen LogP contribution in [0.1, 0.15) is 57.8 Å². The van der Waals surface area contributed by atoms with Gasteiger partial charge in [0.1, 0.15) is 0 Å². The Kier molecular flexibility index (Phi) is 7.90. The van der Waals surface area contributed by atoms with Gasteiger partial charge in [0, 0.05) is 19.1 Å². The summed E-state index contributed by atoms with van der Waals surface area (Å²) in [5, 5.41) is 3.13. The van der Waals surface area contributed by atoms with Gasteiger partial charge in [0.05, 0.1) is 15.5 Å². The summed E-state index contributed by atoms with van der Waals surface area (Å²) in [6.07, 6.45) is 1.86. The Bertz CT molecular complexity index is 702. The molecule has 0 fully saturated rings. The quantitative estimate of drug-likeness (QED) is 0.733. The molecule has 1 amide bonds. The maximum Gasteiger partial charge on any atom is 0.253 e. The molecule has 1 aromatic rings. The van der Waals surface area contributed by atoms with Crippen LogP contribution >= 0.6 is 11.6 Å². The van der Waals surface area contributed by atoms with Crippen LogP contribution in [0.4, 0.5) is 0 Å². The molecule has 1 aromatic carbocycles. The van der Waals surface area contributed by atoms with E-state index in [9.17, 15) is 13.2 Å². The molecule has 0 aliphatic carbocycles. The van der Waals surface area contributed by atoms with Gasteiger partial charge in [-0.3, -0.25) is 4.79 Å². The largest absolute Gasteiger partial charge is 0.350 e. The molecule has 25 heavy (non-hydrogen) atoms. The zero-order valence-corrected chi connectivity index (χ0v) is 17.4. The van der Waals surface area contributed by atoms with E-state index >= 15 is 0 Å². The summed E-state index contributed by atoms with van der Waals surface area (Å²) in [4.78, 5) is 12.6. The third-order valence-electron chi connectivity index (χ3n) is 4.14. The second-order valence-corrected chi connectivity index (χ2v) is 9.51. The van der Waals surface area contributed by atoms with Gasteiger partial charge in [-0.2, -0.15) is 4.31 Å². The first-order valence-electron chi connectivity index (χ1n) is 8.55. The number of hydrogen-bond acceptors (Lipinski definition) is 3. The van der Waals surface area contributed by atoms with E-state index in [0.29, 0.717) is 5.92 Å². The van der Waals surface area contributed by atoms with E-state index in [1.165, 1.54) is 29.6 Å². The summed E-state index contributed by atoms with van der Waals surface area (Å²) in [6.45, 7) is 9.77. The second-order valence-electron chi connectivity index (χ2n) is 7.10. The summed E-state index contributed by atoms with van der Waals surface area (Å²) >= 11 is 6.12. The third-order valence-corrected chi connectivity index (χ3v) is 6.50. The fourth-order valence-corrected chi connectivity index (χ4v) is 3.84. The molecular formula is C18H29ClN2O3S. The monoisotopic (exact) mass is 388 g/mol. The average Bonchev–Trinajstić information content (AvgIpc) is 2.52. The zero-order chi connectivity index (χ0) is 19.4. The Labute approximate surface area is 156 Å². The van der Waals surface area contributed by atoms with Crippen LogP contribution in [0.2, 0.25) is 5.02 Å². The van der Waals surface area contributed by atoms with Crippen molar-refractivity contribution in [3.05, 3.63) is 28.8 Å². The maximum atomic E-state index is 12.6. The highest BCUT2D eigenvalue weighted by atomic mass is 35.5. The number of amides is 1. The molecule has 142 valence electrons. The molecular weight excluding hydrogens is 360 g/mol. The van der Waals surface area contributed by atoms with Crippen molar-refractivity contribution in [2.24, 2.45) is 5.92 Å². The van der Waals surface area contributed by atoms with E-state index < -0.39 is 10.0 Å². The normalized spacial score (nSPS) is 13.5. The second kappa shape index (κ2) is 9.01. The maximum absolute atomic E-state index is 12.6. The van der Waals surface area contributed by atoms with E-state index in [-0.39, 0.29) is 33.5 Å². The van der Waals surface area contributed by atoms with Crippen LogP contribution in [-0.2, 0) is 10.0 Å². The van der Waals surface area contributed by atoms with Crippen molar-refractivity contribution in [2.75, 3.05) is 7.05 Å². The van der Waals surface area contributed by atoms with Crippen LogP contribution in [0.15, 0.2) is 23.1 Å². The zero-order valence-electron chi connectivity index (χ0n) is 15.8. The van der Waals surface area contributed by atoms with Crippen molar-refractivity contribution in [1.29, 1.82) is 0 Å². The van der Waals surface area contributed by atoms with Gasteiger partial charge in [-0.25, -0.2) is 8.42 Å². The predicted octanol–water partition coefficient (Wildman–Crippen LogP) is 3.92. The molecule has 0 aromatic heterocycles. The van der Waals surface area contributed by atoms with E-state index in [2.05, 4.69) is 19.2 Å². The number of carbonyl (C=O) groups is 1. The molecule has 0 saturated carbocycles. The summed E-state index contributed by atoms with van der Waals surface area (Å²) in [5.41, 5.74) is 0.177. The van der Waals surface area contributed by atoms with Crippen molar-refractivity contribution in [2.45, 2.75) is 64.4 Å². The first-order chi connectivity index (χ1) is 11.5. The van der Waals surface area contributed by atoms with Crippen LogP contribution in [0, 0.1) is 5.92 Å². The Hall–Kier alpha value is -1.11. The first kappa shape index (κ1) is 21.9. The van der Waals surface area contributed by atoms with Crippen molar-refractivity contribution in [3.63, 3.8) is 0 Å². The minimum absolute atomic E-state index is 0.00966. The van der Waals surface area contributed by atoms with Gasteiger partial charge in [0.2, 0.25) is 10.0 Å². The summed E-state index contributed by atoms with van der Waals surface area (Å²) in [7, 11) is -2.15. The topological polar surface area (TPSA) is 66.5 Å². The van der Waals surface area contributed by atoms with Crippen molar-refractivity contribution in [1.82, 2.24) is 9.62 Å². The van der Waals surface area contributed by atoms with Crippen LogP contribution in [0.25, 0.3) is 0 Å². The predicted molar refractivity (Wildman–Crippen MR) is 103 cm³/mol. The van der Waals surface area contributed by atoms with Gasteiger partial charge in [-0.15, -0.1) is 0 Å². The number of nitrogens with zero attached hydrogens (tertiary/aromatic N) is 1. The number of hydrogen-bond donors (Lipinski definition) is 1. The van der Waals surface area contributed by atoms with E-state index in [1.54, 1.807) is 13.8 Å². The fourth-order valence-electron chi connectivity index (χ4n) is 2.24. The van der Waals surface area contributed by atoms with Crippen molar-refractivity contribution < 1.29 is 13.2 Å². The molecule has 0 aliphatic rings. The number of carbonyl (C=O) groups excluding carboxylic acids is 1. The smallest absolute Gasteiger partial charge is 0.253 e. The number of sulfonamides is 1. The summed E-state index contributed by atoms with van der Waals surface area (Å²) in [6, 6.07) is 4.03. The first-order valence-corrected chi connectivity index (χ1v) is 10.4. The number of nitrogens with one attached hydrogen (secondary N) is 1. The van der Waals surface area contributed by atoms with E-state index in [1.807, 2.05) is 6.92 Å². The van der Waals surface area contributed by atoms with E-state index in [4.69, 9.17) is 11.6 Å². The number of benzene rings is 1. The van der Waals surface area contributed by atoms with Crippen LogP contribution < -0.4 is 5.32 Å². The highest BCUT2D eigenvalue weighted by Crippen LogP contribution is 2.23. The Morgan fingerprint density at radius 2 is 1.76 bits per heavy atom. The van der Waals surface area contributed by atoms with Gasteiger partial charge in [-0.05, 0) is 57.7 Å². The van der Waals surface area contributed by atoms with Crippen LogP contribution in [0.5, 0.6) is 0 Å². The minimum Gasteiger partial charge on any atom is -0.350 e. The molecule has 0 spiro atoms. The molecule has 5 nitrogen and oxygen atoms in total. The van der Waals surface area contributed by atoms with Gasteiger partial charge in [0.25, 0.3) is 5.91 Å². The highest BCUT2D eigenvalue weighted by molar-refractivity contribution is 7.89. The molecule has 0 radical (unpaired) electrons. The molecule has 0 heterocycles. The average molecular weight is 389 g/mol. The SMILES string of the molecule is CC(C)CCC(C)NC(=O)c1cc(S(=O)(=O)N(C)C(C)C)ccc1Cl. The number of rotatable bonds is 8. The lowest BCUT2D eigenvalue weighted by Gasteiger charge is -2.21. The van der Waals surface area contributed by atoms with Crippen molar-refractivity contribution in [3.8, 4) is 0 Å². The molecule has 1 atom stereocenters. The van der Waals surface area contributed by atoms with Gasteiger partial charge >= 0.3 is 0 Å². The number of halogens is 1. The molecule has 1 N–H and O–H groups in total. The molecule has 1 rings (SSSR count). The lowest BCUT2D eigenvalue weighted by molar-refractivity contribution is 0.0937. The van der Waals surface area contributed by atoms with Gasteiger partial charge < -0.3 is 5.32 Å². The summed E-state index contributed by atoms with van der Waals surface area (Å²) < 4.78 is 26.5.